The minimum absolute atomic E-state index is 0.0643. The highest BCUT2D eigenvalue weighted by Crippen LogP contribution is 2.22. The highest BCUT2D eigenvalue weighted by molar-refractivity contribution is 6.32. The van der Waals surface area contributed by atoms with Crippen molar-refractivity contribution in [3.8, 4) is 5.75 Å². The number of hydrogen-bond donors (Lipinski definition) is 2. The number of nitrogens with two attached hydrogens (primary N) is 1. The summed E-state index contributed by atoms with van der Waals surface area (Å²) in [6.45, 7) is 1.71. The minimum atomic E-state index is -0.323. The number of halogens is 1. The predicted molar refractivity (Wildman–Crippen MR) is 83.7 cm³/mol. The fourth-order valence-electron chi connectivity index (χ4n) is 2.43. The lowest BCUT2D eigenvalue weighted by molar-refractivity contribution is -0.124. The Morgan fingerprint density at radius 3 is 2.64 bits per heavy atom. The summed E-state index contributed by atoms with van der Waals surface area (Å²) in [4.78, 5) is 24.7. The van der Waals surface area contributed by atoms with Crippen molar-refractivity contribution in [1.82, 2.24) is 10.2 Å². The van der Waals surface area contributed by atoms with Crippen LogP contribution in [0.2, 0.25) is 5.02 Å². The van der Waals surface area contributed by atoms with Crippen LogP contribution in [0.25, 0.3) is 0 Å². The van der Waals surface area contributed by atoms with E-state index < -0.39 is 0 Å². The summed E-state index contributed by atoms with van der Waals surface area (Å²) >= 11 is 5.96. The molecule has 0 unspecified atom stereocenters. The SMILES string of the molecule is NC(=O)CN1CCC(NC(=O)COc2ccccc2Cl)CC1. The molecule has 0 atom stereocenters. The Morgan fingerprint density at radius 1 is 1.32 bits per heavy atom. The van der Waals surface area contributed by atoms with Crippen LogP contribution in [0.3, 0.4) is 0 Å². The van der Waals surface area contributed by atoms with Crippen molar-refractivity contribution in [2.24, 2.45) is 5.73 Å². The Balaban J connectivity index is 1.70. The van der Waals surface area contributed by atoms with Gasteiger partial charge in [-0.3, -0.25) is 14.5 Å². The van der Waals surface area contributed by atoms with Crippen LogP contribution >= 0.6 is 11.6 Å². The number of hydrogen-bond acceptors (Lipinski definition) is 4. The molecule has 0 bridgehead atoms. The van der Waals surface area contributed by atoms with E-state index in [0.29, 0.717) is 10.8 Å². The van der Waals surface area contributed by atoms with Crippen molar-refractivity contribution in [3.63, 3.8) is 0 Å². The first kappa shape index (κ1) is 16.6. The number of nitrogens with zero attached hydrogens (tertiary/aromatic N) is 1. The van der Waals surface area contributed by atoms with Gasteiger partial charge >= 0.3 is 0 Å². The average Bonchev–Trinajstić information content (AvgIpc) is 2.48. The molecule has 0 spiro atoms. The molecule has 0 radical (unpaired) electrons. The predicted octanol–water partition coefficient (Wildman–Crippen LogP) is 0.785. The average molecular weight is 326 g/mol. The molecule has 0 aromatic heterocycles. The van der Waals surface area contributed by atoms with Gasteiger partial charge < -0.3 is 15.8 Å². The molecule has 120 valence electrons. The largest absolute Gasteiger partial charge is 0.482 e. The summed E-state index contributed by atoms with van der Waals surface area (Å²) in [6, 6.07) is 7.13. The number of primary amides is 1. The molecule has 3 N–H and O–H groups in total. The van der Waals surface area contributed by atoms with Crippen LogP contribution in [0.1, 0.15) is 12.8 Å². The van der Waals surface area contributed by atoms with E-state index in [1.807, 2.05) is 4.90 Å². The number of carbonyl (C=O) groups is 2. The molecule has 1 aliphatic heterocycles. The first-order valence-electron chi connectivity index (χ1n) is 7.22. The Kier molecular flexibility index (Phi) is 6.03. The summed E-state index contributed by atoms with van der Waals surface area (Å²) in [5.41, 5.74) is 5.17. The van der Waals surface area contributed by atoms with Crippen LogP contribution in [0, 0.1) is 0 Å². The second-order valence-electron chi connectivity index (χ2n) is 5.30. The van der Waals surface area contributed by atoms with E-state index in [1.165, 1.54) is 0 Å². The number of piperidine rings is 1. The maximum atomic E-state index is 11.9. The van der Waals surface area contributed by atoms with Crippen LogP contribution in [0.5, 0.6) is 5.75 Å². The van der Waals surface area contributed by atoms with Gasteiger partial charge in [0.25, 0.3) is 5.91 Å². The van der Waals surface area contributed by atoms with Crippen LogP contribution in [-0.2, 0) is 9.59 Å². The number of amides is 2. The zero-order valence-electron chi connectivity index (χ0n) is 12.3. The van der Waals surface area contributed by atoms with Gasteiger partial charge in [-0.05, 0) is 25.0 Å². The van der Waals surface area contributed by atoms with Crippen LogP contribution in [0.15, 0.2) is 24.3 Å². The molecule has 1 saturated heterocycles. The van der Waals surface area contributed by atoms with Crippen LogP contribution in [0.4, 0.5) is 0 Å². The fraction of sp³-hybridized carbons (Fsp3) is 0.467. The van der Waals surface area contributed by atoms with Crippen molar-refractivity contribution in [3.05, 3.63) is 29.3 Å². The second kappa shape index (κ2) is 8.00. The van der Waals surface area contributed by atoms with E-state index in [9.17, 15) is 9.59 Å². The molecule has 1 fully saturated rings. The van der Waals surface area contributed by atoms with E-state index in [0.717, 1.165) is 25.9 Å². The third-order valence-electron chi connectivity index (χ3n) is 3.53. The van der Waals surface area contributed by atoms with Gasteiger partial charge in [0.15, 0.2) is 6.61 Å². The van der Waals surface area contributed by atoms with Gasteiger partial charge in [0.05, 0.1) is 11.6 Å². The number of para-hydroxylation sites is 1. The lowest BCUT2D eigenvalue weighted by Gasteiger charge is -2.31. The second-order valence-corrected chi connectivity index (χ2v) is 5.71. The third-order valence-corrected chi connectivity index (χ3v) is 3.84. The number of likely N-dealkylation sites (tertiary alicyclic amines) is 1. The Labute approximate surface area is 134 Å². The molecule has 0 saturated carbocycles. The topological polar surface area (TPSA) is 84.7 Å². The normalized spacial score (nSPS) is 16.2. The maximum Gasteiger partial charge on any atom is 0.258 e. The van der Waals surface area contributed by atoms with Gasteiger partial charge in [-0.15, -0.1) is 0 Å². The lowest BCUT2D eigenvalue weighted by atomic mass is 10.1. The first-order valence-corrected chi connectivity index (χ1v) is 7.59. The van der Waals surface area contributed by atoms with Gasteiger partial charge in [0.1, 0.15) is 5.75 Å². The monoisotopic (exact) mass is 325 g/mol. The molecule has 1 aromatic rings. The van der Waals surface area contributed by atoms with Crippen molar-refractivity contribution in [2.75, 3.05) is 26.2 Å². The number of carbonyl (C=O) groups excluding carboxylic acids is 2. The van der Waals surface area contributed by atoms with E-state index in [2.05, 4.69) is 5.32 Å². The zero-order valence-corrected chi connectivity index (χ0v) is 13.0. The highest BCUT2D eigenvalue weighted by Gasteiger charge is 2.21. The summed E-state index contributed by atoms with van der Waals surface area (Å²) in [5, 5.41) is 3.41. The molecule has 6 nitrogen and oxygen atoms in total. The molecule has 2 rings (SSSR count). The molecule has 0 aliphatic carbocycles. The van der Waals surface area contributed by atoms with Gasteiger partial charge in [-0.25, -0.2) is 0 Å². The van der Waals surface area contributed by atoms with Crippen molar-refractivity contribution in [2.45, 2.75) is 18.9 Å². The summed E-state index contributed by atoms with van der Waals surface area (Å²) < 4.78 is 5.40. The van der Waals surface area contributed by atoms with Gasteiger partial charge in [0, 0.05) is 19.1 Å². The summed E-state index contributed by atoms with van der Waals surface area (Å²) in [5.74, 6) is -0.000472. The van der Waals surface area contributed by atoms with Crippen molar-refractivity contribution >= 4 is 23.4 Å². The standard InChI is InChI=1S/C15H20ClN3O3/c16-12-3-1-2-4-13(12)22-10-15(21)18-11-5-7-19(8-6-11)9-14(17)20/h1-4,11H,5-10H2,(H2,17,20)(H,18,21). The molecule has 2 amide bonds. The Bertz CT molecular complexity index is 531. The number of ether oxygens (including phenoxy) is 1. The van der Waals surface area contributed by atoms with Gasteiger partial charge in [-0.2, -0.15) is 0 Å². The van der Waals surface area contributed by atoms with E-state index in [-0.39, 0.29) is 31.0 Å². The van der Waals surface area contributed by atoms with Crippen molar-refractivity contribution < 1.29 is 14.3 Å². The Morgan fingerprint density at radius 2 is 2.00 bits per heavy atom. The quantitative estimate of drug-likeness (QED) is 0.809. The molecule has 22 heavy (non-hydrogen) atoms. The molecule has 7 heteroatoms. The number of rotatable bonds is 6. The molecule has 1 heterocycles. The van der Waals surface area contributed by atoms with Crippen LogP contribution < -0.4 is 15.8 Å². The third kappa shape index (κ3) is 5.20. The van der Waals surface area contributed by atoms with E-state index >= 15 is 0 Å². The highest BCUT2D eigenvalue weighted by atomic mass is 35.5. The van der Waals surface area contributed by atoms with E-state index in [1.54, 1.807) is 24.3 Å². The summed E-state index contributed by atoms with van der Waals surface area (Å²) in [7, 11) is 0. The minimum Gasteiger partial charge on any atom is -0.482 e. The molecule has 1 aliphatic rings. The maximum absolute atomic E-state index is 11.9. The van der Waals surface area contributed by atoms with E-state index in [4.69, 9.17) is 22.1 Å². The first-order chi connectivity index (χ1) is 10.5. The van der Waals surface area contributed by atoms with Gasteiger partial charge in [0.2, 0.25) is 5.91 Å². The number of benzene rings is 1. The smallest absolute Gasteiger partial charge is 0.258 e. The zero-order chi connectivity index (χ0) is 15.9. The van der Waals surface area contributed by atoms with Crippen molar-refractivity contribution in [1.29, 1.82) is 0 Å². The van der Waals surface area contributed by atoms with Gasteiger partial charge in [-0.1, -0.05) is 23.7 Å². The fourth-order valence-corrected chi connectivity index (χ4v) is 2.62. The molecular weight excluding hydrogens is 306 g/mol. The summed E-state index contributed by atoms with van der Waals surface area (Å²) in [6.07, 6.45) is 1.59. The Hall–Kier alpha value is -1.79. The molecule has 1 aromatic carbocycles. The lowest BCUT2D eigenvalue weighted by Crippen LogP contribution is -2.47. The molecular formula is C15H20ClN3O3. The van der Waals surface area contributed by atoms with Crippen LogP contribution in [-0.4, -0.2) is 49.0 Å². The number of nitrogens with one attached hydrogen (secondary N) is 1.